The van der Waals surface area contributed by atoms with Gasteiger partial charge in [0.2, 0.25) is 5.91 Å². The highest BCUT2D eigenvalue weighted by Gasteiger charge is 2.37. The maximum atomic E-state index is 12.7. The molecule has 104 valence electrons. The molecule has 2 unspecified atom stereocenters. The van der Waals surface area contributed by atoms with Crippen LogP contribution in [-0.2, 0) is 4.79 Å². The Labute approximate surface area is 115 Å². The number of amides is 1. The Morgan fingerprint density at radius 1 is 1.32 bits per heavy atom. The summed E-state index contributed by atoms with van der Waals surface area (Å²) in [7, 11) is 1.97. The Morgan fingerprint density at radius 3 is 2.42 bits per heavy atom. The first-order valence-electron chi connectivity index (χ1n) is 6.77. The fraction of sp³-hybridized carbons (Fsp3) is 0.533. The summed E-state index contributed by atoms with van der Waals surface area (Å²) < 4.78 is 0. The Bertz CT molecular complexity index is 466. The SMILES string of the molecule is Cc1cccc(C)c1N1C(=O)C(CN)N(C)CC1C. The highest BCUT2D eigenvalue weighted by molar-refractivity contribution is 6.00. The predicted molar refractivity (Wildman–Crippen MR) is 78.3 cm³/mol. The van der Waals surface area contributed by atoms with Crippen molar-refractivity contribution in [3.8, 4) is 0 Å². The number of likely N-dealkylation sites (N-methyl/N-ethyl adjacent to an activating group) is 1. The van der Waals surface area contributed by atoms with Gasteiger partial charge in [-0.05, 0) is 38.9 Å². The number of nitrogens with two attached hydrogens (primary N) is 1. The second-order valence-electron chi connectivity index (χ2n) is 5.49. The second kappa shape index (κ2) is 5.31. The fourth-order valence-corrected chi connectivity index (χ4v) is 2.99. The molecule has 0 bridgehead atoms. The van der Waals surface area contributed by atoms with Crippen LogP contribution in [0.25, 0.3) is 0 Å². The zero-order chi connectivity index (χ0) is 14.2. The van der Waals surface area contributed by atoms with Crippen LogP contribution in [0.3, 0.4) is 0 Å². The number of rotatable bonds is 2. The normalized spacial score (nSPS) is 24.9. The quantitative estimate of drug-likeness (QED) is 0.873. The van der Waals surface area contributed by atoms with Gasteiger partial charge in [-0.3, -0.25) is 9.69 Å². The van der Waals surface area contributed by atoms with E-state index >= 15 is 0 Å². The summed E-state index contributed by atoms with van der Waals surface area (Å²) in [6, 6.07) is 6.09. The van der Waals surface area contributed by atoms with E-state index in [1.165, 1.54) is 0 Å². The van der Waals surface area contributed by atoms with Gasteiger partial charge in [0.15, 0.2) is 0 Å². The third-order valence-corrected chi connectivity index (χ3v) is 3.95. The molecule has 2 N–H and O–H groups in total. The van der Waals surface area contributed by atoms with E-state index < -0.39 is 0 Å². The molecule has 1 aliphatic rings. The van der Waals surface area contributed by atoms with Crippen LogP contribution in [0, 0.1) is 13.8 Å². The number of para-hydroxylation sites is 1. The number of piperazine rings is 1. The number of aryl methyl sites for hydroxylation is 2. The highest BCUT2D eigenvalue weighted by atomic mass is 16.2. The van der Waals surface area contributed by atoms with E-state index in [4.69, 9.17) is 5.73 Å². The molecule has 4 heteroatoms. The van der Waals surface area contributed by atoms with Crippen LogP contribution in [0.1, 0.15) is 18.1 Å². The van der Waals surface area contributed by atoms with Gasteiger partial charge in [-0.2, -0.15) is 0 Å². The summed E-state index contributed by atoms with van der Waals surface area (Å²) in [5, 5.41) is 0. The molecule has 19 heavy (non-hydrogen) atoms. The molecule has 1 aliphatic heterocycles. The van der Waals surface area contributed by atoms with Crippen LogP contribution in [0.4, 0.5) is 5.69 Å². The maximum absolute atomic E-state index is 12.7. The van der Waals surface area contributed by atoms with Gasteiger partial charge < -0.3 is 10.6 Å². The van der Waals surface area contributed by atoms with Gasteiger partial charge in [-0.25, -0.2) is 0 Å². The lowest BCUT2D eigenvalue weighted by Crippen LogP contribution is -2.62. The van der Waals surface area contributed by atoms with Gasteiger partial charge >= 0.3 is 0 Å². The molecule has 1 fully saturated rings. The van der Waals surface area contributed by atoms with E-state index in [1.807, 2.05) is 18.0 Å². The van der Waals surface area contributed by atoms with Gasteiger partial charge in [0, 0.05) is 24.8 Å². The average molecular weight is 261 g/mol. The first-order valence-corrected chi connectivity index (χ1v) is 6.77. The van der Waals surface area contributed by atoms with Crippen molar-refractivity contribution < 1.29 is 4.79 Å². The first kappa shape index (κ1) is 14.0. The number of carbonyl (C=O) groups excluding carboxylic acids is 1. The Morgan fingerprint density at radius 2 is 1.89 bits per heavy atom. The third-order valence-electron chi connectivity index (χ3n) is 3.95. The van der Waals surface area contributed by atoms with Crippen LogP contribution in [0.15, 0.2) is 18.2 Å². The molecule has 0 spiro atoms. The standard InChI is InChI=1S/C15H23N3O/c1-10-6-5-7-11(2)14(10)18-12(3)9-17(4)13(8-16)15(18)19/h5-7,12-13H,8-9,16H2,1-4H3. The summed E-state index contributed by atoms with van der Waals surface area (Å²) >= 11 is 0. The molecule has 0 aliphatic carbocycles. The molecule has 0 aromatic heterocycles. The third kappa shape index (κ3) is 2.38. The maximum Gasteiger partial charge on any atom is 0.245 e. The molecule has 1 amide bonds. The van der Waals surface area contributed by atoms with Crippen molar-refractivity contribution in [2.24, 2.45) is 5.73 Å². The van der Waals surface area contributed by atoms with Crippen LogP contribution in [0.5, 0.6) is 0 Å². The largest absolute Gasteiger partial charge is 0.328 e. The van der Waals surface area contributed by atoms with E-state index in [0.717, 1.165) is 23.4 Å². The Kier molecular flexibility index (Phi) is 3.92. The highest BCUT2D eigenvalue weighted by Crippen LogP contribution is 2.29. The fourth-order valence-electron chi connectivity index (χ4n) is 2.99. The molecule has 4 nitrogen and oxygen atoms in total. The van der Waals surface area contributed by atoms with E-state index in [-0.39, 0.29) is 18.0 Å². The summed E-state index contributed by atoms with van der Waals surface area (Å²) in [6.45, 7) is 7.41. The minimum Gasteiger partial charge on any atom is -0.328 e. The first-order chi connectivity index (χ1) is 8.97. The van der Waals surface area contributed by atoms with Crippen LogP contribution >= 0.6 is 0 Å². The van der Waals surface area contributed by atoms with Crippen molar-refractivity contribution in [1.29, 1.82) is 0 Å². The second-order valence-corrected chi connectivity index (χ2v) is 5.49. The molecule has 1 saturated heterocycles. The van der Waals surface area contributed by atoms with Crippen molar-refractivity contribution in [1.82, 2.24) is 4.90 Å². The van der Waals surface area contributed by atoms with Gasteiger partial charge in [0.05, 0.1) is 0 Å². The lowest BCUT2D eigenvalue weighted by atomic mass is 10.0. The van der Waals surface area contributed by atoms with Crippen LogP contribution in [-0.4, -0.2) is 43.0 Å². The number of hydrogen-bond acceptors (Lipinski definition) is 3. The molecule has 0 radical (unpaired) electrons. The number of anilines is 1. The number of hydrogen-bond donors (Lipinski definition) is 1. The van der Waals surface area contributed by atoms with Crippen molar-refractivity contribution in [2.45, 2.75) is 32.9 Å². The van der Waals surface area contributed by atoms with Crippen LogP contribution in [0.2, 0.25) is 0 Å². The van der Waals surface area contributed by atoms with Crippen molar-refractivity contribution in [2.75, 3.05) is 25.0 Å². The van der Waals surface area contributed by atoms with E-state index in [2.05, 4.69) is 37.8 Å². The summed E-state index contributed by atoms with van der Waals surface area (Å²) in [6.07, 6.45) is 0. The van der Waals surface area contributed by atoms with Crippen LogP contribution < -0.4 is 10.6 Å². The van der Waals surface area contributed by atoms with Gasteiger partial charge in [-0.1, -0.05) is 18.2 Å². The van der Waals surface area contributed by atoms with E-state index in [1.54, 1.807) is 0 Å². The minimum atomic E-state index is -0.213. The lowest BCUT2D eigenvalue weighted by molar-refractivity contribution is -0.125. The summed E-state index contributed by atoms with van der Waals surface area (Å²) in [4.78, 5) is 16.7. The molecule has 2 rings (SSSR count). The number of benzene rings is 1. The van der Waals surface area contributed by atoms with Gasteiger partial charge in [0.1, 0.15) is 6.04 Å². The molecule has 0 saturated carbocycles. The smallest absolute Gasteiger partial charge is 0.245 e. The molecular weight excluding hydrogens is 238 g/mol. The molecule has 1 aromatic rings. The zero-order valence-electron chi connectivity index (χ0n) is 12.2. The molecular formula is C15H23N3O. The van der Waals surface area contributed by atoms with Crippen molar-refractivity contribution in [3.05, 3.63) is 29.3 Å². The van der Waals surface area contributed by atoms with Crippen molar-refractivity contribution >= 4 is 11.6 Å². The number of nitrogens with zero attached hydrogens (tertiary/aromatic N) is 2. The van der Waals surface area contributed by atoms with Gasteiger partial charge in [-0.15, -0.1) is 0 Å². The molecule has 1 aromatic carbocycles. The van der Waals surface area contributed by atoms with E-state index in [0.29, 0.717) is 6.54 Å². The predicted octanol–water partition coefficient (Wildman–Crippen LogP) is 1.30. The summed E-state index contributed by atoms with van der Waals surface area (Å²) in [5.74, 6) is 0.112. The molecule has 2 atom stereocenters. The topological polar surface area (TPSA) is 49.6 Å². The lowest BCUT2D eigenvalue weighted by Gasteiger charge is -2.43. The van der Waals surface area contributed by atoms with Gasteiger partial charge in [0.25, 0.3) is 0 Å². The monoisotopic (exact) mass is 261 g/mol. The van der Waals surface area contributed by atoms with E-state index in [9.17, 15) is 4.79 Å². The average Bonchev–Trinajstić information content (AvgIpc) is 2.33. The Balaban J connectivity index is 2.45. The molecule has 1 heterocycles. The minimum absolute atomic E-state index is 0.112. The number of carbonyl (C=O) groups is 1. The zero-order valence-corrected chi connectivity index (χ0v) is 12.2. The van der Waals surface area contributed by atoms with Crippen molar-refractivity contribution in [3.63, 3.8) is 0 Å². The Hall–Kier alpha value is -1.39. The summed E-state index contributed by atoms with van der Waals surface area (Å²) in [5.41, 5.74) is 9.08.